The molecule has 1 unspecified atom stereocenters. The second-order valence-electron chi connectivity index (χ2n) is 4.85. The van der Waals surface area contributed by atoms with Gasteiger partial charge in [0.15, 0.2) is 11.5 Å². The molecule has 1 N–H and O–H groups in total. The summed E-state index contributed by atoms with van der Waals surface area (Å²) in [6.45, 7) is 2.20. The molecule has 0 spiro atoms. The quantitative estimate of drug-likeness (QED) is 0.733. The van der Waals surface area contributed by atoms with E-state index >= 15 is 0 Å². The van der Waals surface area contributed by atoms with Crippen molar-refractivity contribution < 1.29 is 23.9 Å². The molecule has 0 bridgehead atoms. The highest BCUT2D eigenvalue weighted by atomic mass is 16.6. The molecule has 3 amide bonds. The number of piperazine rings is 1. The number of ether oxygens (including phenoxy) is 2. The monoisotopic (exact) mass is 290 g/mol. The number of fused-ring (bicyclic) bond motifs is 1. The van der Waals surface area contributed by atoms with Crippen LogP contribution in [0.15, 0.2) is 18.2 Å². The molecule has 7 heteroatoms. The summed E-state index contributed by atoms with van der Waals surface area (Å²) in [7, 11) is 0. The zero-order chi connectivity index (χ0) is 15.0. The molecule has 1 atom stereocenters. The number of rotatable bonds is 1. The molecule has 1 fully saturated rings. The zero-order valence-corrected chi connectivity index (χ0v) is 11.4. The minimum Gasteiger partial charge on any atom is -0.486 e. The maximum atomic E-state index is 12.6. The van der Waals surface area contributed by atoms with Crippen LogP contribution in [-0.4, -0.2) is 48.4 Å². The van der Waals surface area contributed by atoms with E-state index < -0.39 is 23.8 Å². The van der Waals surface area contributed by atoms with Gasteiger partial charge in [-0.3, -0.25) is 19.7 Å². The van der Waals surface area contributed by atoms with Crippen LogP contribution in [0.25, 0.3) is 0 Å². The summed E-state index contributed by atoms with van der Waals surface area (Å²) in [4.78, 5) is 37.0. The molecule has 7 nitrogen and oxygen atoms in total. The van der Waals surface area contributed by atoms with Crippen molar-refractivity contribution in [3.8, 4) is 11.5 Å². The van der Waals surface area contributed by atoms with Gasteiger partial charge in [0, 0.05) is 0 Å². The molecule has 1 aromatic carbocycles. The molecule has 0 aromatic heterocycles. The first-order valence-electron chi connectivity index (χ1n) is 6.61. The van der Waals surface area contributed by atoms with E-state index in [1.165, 1.54) is 4.90 Å². The Labute approximate surface area is 120 Å². The molecule has 2 aliphatic rings. The van der Waals surface area contributed by atoms with Gasteiger partial charge in [-0.15, -0.1) is 0 Å². The van der Waals surface area contributed by atoms with Gasteiger partial charge in [-0.25, -0.2) is 0 Å². The molecule has 21 heavy (non-hydrogen) atoms. The van der Waals surface area contributed by atoms with Gasteiger partial charge in [0.25, 0.3) is 5.91 Å². The minimum absolute atomic E-state index is 0.156. The van der Waals surface area contributed by atoms with Crippen molar-refractivity contribution in [3.05, 3.63) is 23.8 Å². The fraction of sp³-hybridized carbons (Fsp3) is 0.357. The third kappa shape index (κ3) is 2.31. The Morgan fingerprint density at radius 2 is 2.05 bits per heavy atom. The zero-order valence-electron chi connectivity index (χ0n) is 11.4. The van der Waals surface area contributed by atoms with Crippen molar-refractivity contribution in [2.75, 3.05) is 19.8 Å². The number of amides is 3. The van der Waals surface area contributed by atoms with Gasteiger partial charge < -0.3 is 14.4 Å². The van der Waals surface area contributed by atoms with Gasteiger partial charge in [0.2, 0.25) is 11.8 Å². The van der Waals surface area contributed by atoms with E-state index in [9.17, 15) is 14.4 Å². The minimum atomic E-state index is -0.712. The van der Waals surface area contributed by atoms with Crippen molar-refractivity contribution >= 4 is 17.7 Å². The van der Waals surface area contributed by atoms with Crippen molar-refractivity contribution in [1.82, 2.24) is 10.2 Å². The Bertz CT molecular complexity index is 628. The normalized spacial score (nSPS) is 21.0. The van der Waals surface area contributed by atoms with Crippen LogP contribution in [0, 0.1) is 0 Å². The molecular formula is C14H14N2O5. The molecule has 2 aliphatic heterocycles. The standard InChI is InChI=1S/C14H14N2O5/c1-8-13(18)15-11(17)7-16(8)14(19)9-3-2-4-10-12(9)21-6-5-20-10/h2-4,8H,5-7H2,1H3,(H,15,17,18). The summed E-state index contributed by atoms with van der Waals surface area (Å²) in [5.74, 6) is -0.546. The van der Waals surface area contributed by atoms with Crippen LogP contribution in [0.3, 0.4) is 0 Å². The summed E-state index contributed by atoms with van der Waals surface area (Å²) >= 11 is 0. The topological polar surface area (TPSA) is 84.9 Å². The van der Waals surface area contributed by atoms with Crippen LogP contribution in [-0.2, 0) is 9.59 Å². The van der Waals surface area contributed by atoms with Crippen molar-refractivity contribution in [2.45, 2.75) is 13.0 Å². The molecule has 3 rings (SSSR count). The number of benzene rings is 1. The average molecular weight is 290 g/mol. The Morgan fingerprint density at radius 3 is 2.86 bits per heavy atom. The van der Waals surface area contributed by atoms with Gasteiger partial charge in [-0.05, 0) is 19.1 Å². The van der Waals surface area contributed by atoms with Gasteiger partial charge in [0.05, 0.1) is 5.56 Å². The lowest BCUT2D eigenvalue weighted by molar-refractivity contribution is -0.138. The van der Waals surface area contributed by atoms with Gasteiger partial charge in [0.1, 0.15) is 25.8 Å². The third-order valence-electron chi connectivity index (χ3n) is 3.48. The van der Waals surface area contributed by atoms with E-state index in [2.05, 4.69) is 5.32 Å². The number of hydrogen-bond acceptors (Lipinski definition) is 5. The van der Waals surface area contributed by atoms with Crippen molar-refractivity contribution in [2.24, 2.45) is 0 Å². The summed E-state index contributed by atoms with van der Waals surface area (Å²) in [6.07, 6.45) is 0. The number of imide groups is 1. The predicted octanol–water partition coefficient (Wildman–Crippen LogP) is -0.0551. The highest BCUT2D eigenvalue weighted by molar-refractivity contribution is 6.08. The number of hydrogen-bond donors (Lipinski definition) is 1. The van der Waals surface area contributed by atoms with Crippen LogP contribution < -0.4 is 14.8 Å². The summed E-state index contributed by atoms with van der Waals surface area (Å²) < 4.78 is 10.9. The molecule has 0 aliphatic carbocycles. The number of nitrogens with zero attached hydrogens (tertiary/aromatic N) is 1. The number of carbonyl (C=O) groups excluding carboxylic acids is 3. The van der Waals surface area contributed by atoms with Crippen molar-refractivity contribution in [1.29, 1.82) is 0 Å². The molecule has 2 heterocycles. The van der Waals surface area contributed by atoms with Gasteiger partial charge in [-0.1, -0.05) is 6.07 Å². The summed E-state index contributed by atoms with van der Waals surface area (Å²) in [5.41, 5.74) is 0.293. The average Bonchev–Trinajstić information content (AvgIpc) is 2.49. The number of nitrogens with one attached hydrogen (secondary N) is 1. The Morgan fingerprint density at radius 1 is 1.29 bits per heavy atom. The third-order valence-corrected chi connectivity index (χ3v) is 3.48. The smallest absolute Gasteiger partial charge is 0.258 e. The first kappa shape index (κ1) is 13.4. The van der Waals surface area contributed by atoms with Crippen LogP contribution in [0.5, 0.6) is 11.5 Å². The van der Waals surface area contributed by atoms with Gasteiger partial charge in [-0.2, -0.15) is 0 Å². The Hall–Kier alpha value is -2.57. The number of para-hydroxylation sites is 1. The molecule has 110 valence electrons. The number of carbonyl (C=O) groups is 3. The summed E-state index contributed by atoms with van der Waals surface area (Å²) in [5, 5.41) is 2.20. The lowest BCUT2D eigenvalue weighted by Crippen LogP contribution is -2.58. The fourth-order valence-corrected chi connectivity index (χ4v) is 2.36. The van der Waals surface area contributed by atoms with E-state index in [1.807, 2.05) is 0 Å². The lowest BCUT2D eigenvalue weighted by atomic mass is 10.1. The summed E-state index contributed by atoms with van der Waals surface area (Å²) in [6, 6.07) is 4.27. The largest absolute Gasteiger partial charge is 0.486 e. The molecule has 0 saturated carbocycles. The maximum Gasteiger partial charge on any atom is 0.258 e. The fourth-order valence-electron chi connectivity index (χ4n) is 2.36. The van der Waals surface area contributed by atoms with Crippen LogP contribution in [0.1, 0.15) is 17.3 Å². The Kier molecular flexibility index (Phi) is 3.25. The predicted molar refractivity (Wildman–Crippen MR) is 71.1 cm³/mol. The second-order valence-corrected chi connectivity index (χ2v) is 4.85. The molecule has 0 radical (unpaired) electrons. The molecule has 1 aromatic rings. The van der Waals surface area contributed by atoms with Crippen molar-refractivity contribution in [3.63, 3.8) is 0 Å². The van der Waals surface area contributed by atoms with E-state index in [4.69, 9.17) is 9.47 Å². The van der Waals surface area contributed by atoms with E-state index in [0.717, 1.165) is 0 Å². The van der Waals surface area contributed by atoms with Crippen LogP contribution >= 0.6 is 0 Å². The molecule has 1 saturated heterocycles. The highest BCUT2D eigenvalue weighted by Gasteiger charge is 2.35. The van der Waals surface area contributed by atoms with Crippen LogP contribution in [0.2, 0.25) is 0 Å². The van der Waals surface area contributed by atoms with Gasteiger partial charge >= 0.3 is 0 Å². The highest BCUT2D eigenvalue weighted by Crippen LogP contribution is 2.34. The lowest BCUT2D eigenvalue weighted by Gasteiger charge is -2.32. The second kappa shape index (κ2) is 5.08. The SMILES string of the molecule is CC1C(=O)NC(=O)CN1C(=O)c1cccc2c1OCCO2. The van der Waals surface area contributed by atoms with E-state index in [-0.39, 0.29) is 6.54 Å². The molecular weight excluding hydrogens is 276 g/mol. The van der Waals surface area contributed by atoms with E-state index in [1.54, 1.807) is 25.1 Å². The first-order valence-corrected chi connectivity index (χ1v) is 6.61. The first-order chi connectivity index (χ1) is 10.1. The Balaban J connectivity index is 1.95. The van der Waals surface area contributed by atoms with E-state index in [0.29, 0.717) is 30.3 Å². The van der Waals surface area contributed by atoms with Crippen LogP contribution in [0.4, 0.5) is 0 Å². The maximum absolute atomic E-state index is 12.6.